The van der Waals surface area contributed by atoms with Crippen molar-refractivity contribution in [1.82, 2.24) is 9.88 Å². The maximum atomic E-state index is 11.7. The molecule has 0 aliphatic heterocycles. The van der Waals surface area contributed by atoms with Crippen molar-refractivity contribution < 1.29 is 9.90 Å². The van der Waals surface area contributed by atoms with Gasteiger partial charge in [0.1, 0.15) is 0 Å². The third-order valence-corrected chi connectivity index (χ3v) is 3.52. The average Bonchev–Trinajstić information content (AvgIpc) is 2.88. The molecular weight excluding hydrogens is 262 g/mol. The smallest absolute Gasteiger partial charge is 0.323 e. The Balaban J connectivity index is 2.04. The molecule has 100 valence electrons. The van der Waals surface area contributed by atoms with E-state index in [1.54, 1.807) is 13.2 Å². The second-order valence-electron chi connectivity index (χ2n) is 3.97. The van der Waals surface area contributed by atoms with E-state index in [4.69, 9.17) is 5.11 Å². The molecule has 1 aromatic heterocycles. The number of hydrogen-bond acceptors (Lipinski definition) is 4. The lowest BCUT2D eigenvalue weighted by Crippen LogP contribution is -2.33. The zero-order valence-electron chi connectivity index (χ0n) is 10.5. The Morgan fingerprint density at radius 3 is 2.84 bits per heavy atom. The van der Waals surface area contributed by atoms with Crippen LogP contribution in [0.5, 0.6) is 0 Å². The zero-order valence-corrected chi connectivity index (χ0v) is 11.4. The van der Waals surface area contributed by atoms with Gasteiger partial charge in [-0.25, -0.2) is 9.78 Å². The van der Waals surface area contributed by atoms with Crippen molar-refractivity contribution in [3.05, 3.63) is 36.5 Å². The molecule has 0 bridgehead atoms. The molecule has 0 aliphatic carbocycles. The number of nitrogens with zero attached hydrogens (tertiary/aromatic N) is 2. The van der Waals surface area contributed by atoms with Gasteiger partial charge < -0.3 is 10.0 Å². The molecule has 5 nitrogen and oxygen atoms in total. The molecule has 2 N–H and O–H groups in total. The number of thiazole rings is 1. The highest BCUT2D eigenvalue weighted by Gasteiger charge is 2.11. The summed E-state index contributed by atoms with van der Waals surface area (Å²) in [5.74, 6) is 0. The highest BCUT2D eigenvalue weighted by atomic mass is 32.1. The van der Waals surface area contributed by atoms with Crippen molar-refractivity contribution in [2.24, 2.45) is 0 Å². The Morgan fingerprint density at radius 2 is 2.16 bits per heavy atom. The molecule has 2 rings (SSSR count). The van der Waals surface area contributed by atoms with Crippen molar-refractivity contribution >= 4 is 22.5 Å². The molecule has 0 aliphatic rings. The lowest BCUT2D eigenvalue weighted by molar-refractivity contribution is 0.202. The highest BCUT2D eigenvalue weighted by Crippen LogP contribution is 2.28. The Kier molecular flexibility index (Phi) is 4.48. The first kappa shape index (κ1) is 13.5. The van der Waals surface area contributed by atoms with E-state index in [-0.39, 0.29) is 12.6 Å². The number of anilines is 1. The van der Waals surface area contributed by atoms with Crippen LogP contribution < -0.4 is 5.32 Å². The van der Waals surface area contributed by atoms with E-state index >= 15 is 0 Å². The first-order valence-electron chi connectivity index (χ1n) is 5.85. The maximum Gasteiger partial charge on any atom is 0.323 e. The van der Waals surface area contributed by atoms with Crippen molar-refractivity contribution in [3.8, 4) is 10.4 Å². The third-order valence-electron chi connectivity index (χ3n) is 2.56. The molecule has 1 heterocycles. The fraction of sp³-hybridized carbons (Fsp3) is 0.231. The van der Waals surface area contributed by atoms with Crippen LogP contribution in [0.15, 0.2) is 36.5 Å². The summed E-state index contributed by atoms with van der Waals surface area (Å²) in [7, 11) is 1.62. The standard InChI is InChI=1S/C13H15N3O2S/c1-16(7-8-17)13(18)15-12-14-9-11(19-12)10-5-3-2-4-6-10/h2-6,9,17H,7-8H2,1H3,(H,14,15,18). The fourth-order valence-electron chi connectivity index (χ4n) is 1.51. The lowest BCUT2D eigenvalue weighted by atomic mass is 10.2. The molecule has 0 unspecified atom stereocenters. The normalized spacial score (nSPS) is 10.2. The van der Waals surface area contributed by atoms with Crippen LogP contribution >= 0.6 is 11.3 Å². The van der Waals surface area contributed by atoms with Gasteiger partial charge >= 0.3 is 6.03 Å². The minimum atomic E-state index is -0.275. The van der Waals surface area contributed by atoms with Crippen molar-refractivity contribution in [1.29, 1.82) is 0 Å². The van der Waals surface area contributed by atoms with Gasteiger partial charge in [0.15, 0.2) is 5.13 Å². The van der Waals surface area contributed by atoms with Gasteiger partial charge in [-0.1, -0.05) is 41.7 Å². The number of aliphatic hydroxyl groups excluding tert-OH is 1. The Labute approximate surface area is 115 Å². The summed E-state index contributed by atoms with van der Waals surface area (Å²) in [5, 5.41) is 12.0. The monoisotopic (exact) mass is 277 g/mol. The number of aliphatic hydroxyl groups is 1. The molecule has 1 aromatic carbocycles. The number of carbonyl (C=O) groups excluding carboxylic acids is 1. The summed E-state index contributed by atoms with van der Waals surface area (Å²) in [5.41, 5.74) is 1.07. The number of hydrogen-bond donors (Lipinski definition) is 2. The first-order valence-corrected chi connectivity index (χ1v) is 6.66. The van der Waals surface area contributed by atoms with Crippen LogP contribution in [-0.4, -0.2) is 41.2 Å². The largest absolute Gasteiger partial charge is 0.395 e. The predicted octanol–water partition coefficient (Wildman–Crippen LogP) is 2.27. The third kappa shape index (κ3) is 3.52. The van der Waals surface area contributed by atoms with E-state index in [2.05, 4.69) is 10.3 Å². The van der Waals surface area contributed by atoms with Gasteiger partial charge in [0, 0.05) is 19.8 Å². The number of benzene rings is 1. The minimum Gasteiger partial charge on any atom is -0.395 e. The van der Waals surface area contributed by atoms with Crippen LogP contribution in [0.4, 0.5) is 9.93 Å². The van der Waals surface area contributed by atoms with Gasteiger partial charge in [0.05, 0.1) is 11.5 Å². The summed E-state index contributed by atoms with van der Waals surface area (Å²) in [6.07, 6.45) is 1.74. The number of amides is 2. The number of likely N-dealkylation sites (N-methyl/N-ethyl adjacent to an activating group) is 1. The molecule has 0 radical (unpaired) electrons. The molecule has 6 heteroatoms. The highest BCUT2D eigenvalue weighted by molar-refractivity contribution is 7.19. The van der Waals surface area contributed by atoms with Crippen LogP contribution in [0.1, 0.15) is 0 Å². The Morgan fingerprint density at radius 1 is 1.42 bits per heavy atom. The van der Waals surface area contributed by atoms with Crippen LogP contribution in [0.3, 0.4) is 0 Å². The van der Waals surface area contributed by atoms with Gasteiger partial charge in [-0.3, -0.25) is 5.32 Å². The van der Waals surface area contributed by atoms with E-state index in [0.29, 0.717) is 11.7 Å². The Bertz CT molecular complexity index is 542. The van der Waals surface area contributed by atoms with E-state index in [1.807, 2.05) is 30.3 Å². The number of rotatable bonds is 4. The van der Waals surface area contributed by atoms with E-state index in [9.17, 15) is 4.79 Å². The zero-order chi connectivity index (χ0) is 13.7. The van der Waals surface area contributed by atoms with Crippen molar-refractivity contribution in [2.45, 2.75) is 0 Å². The minimum absolute atomic E-state index is 0.0585. The van der Waals surface area contributed by atoms with Gasteiger partial charge in [-0.05, 0) is 5.56 Å². The molecule has 0 spiro atoms. The average molecular weight is 277 g/mol. The van der Waals surface area contributed by atoms with Crippen LogP contribution in [0.2, 0.25) is 0 Å². The molecule has 0 fully saturated rings. The predicted molar refractivity (Wildman–Crippen MR) is 76.3 cm³/mol. The SMILES string of the molecule is CN(CCO)C(=O)Nc1ncc(-c2ccccc2)s1. The molecule has 2 amide bonds. The van der Waals surface area contributed by atoms with E-state index < -0.39 is 0 Å². The van der Waals surface area contributed by atoms with Crippen LogP contribution in [-0.2, 0) is 0 Å². The summed E-state index contributed by atoms with van der Waals surface area (Å²) in [6, 6.07) is 9.60. The van der Waals surface area contributed by atoms with Gasteiger partial charge in [0.25, 0.3) is 0 Å². The topological polar surface area (TPSA) is 65.5 Å². The Hall–Kier alpha value is -1.92. The van der Waals surface area contributed by atoms with E-state index in [1.165, 1.54) is 16.2 Å². The van der Waals surface area contributed by atoms with Crippen LogP contribution in [0, 0.1) is 0 Å². The number of carbonyl (C=O) groups is 1. The lowest BCUT2D eigenvalue weighted by Gasteiger charge is -2.14. The fourth-order valence-corrected chi connectivity index (χ4v) is 2.32. The molecule has 2 aromatic rings. The molecule has 19 heavy (non-hydrogen) atoms. The van der Waals surface area contributed by atoms with Gasteiger partial charge in [-0.2, -0.15) is 0 Å². The summed E-state index contributed by atoms with van der Waals surface area (Å²) in [6.45, 7) is 0.236. The molecule has 0 atom stereocenters. The van der Waals surface area contributed by atoms with Gasteiger partial charge in [-0.15, -0.1) is 0 Å². The van der Waals surface area contributed by atoms with Crippen molar-refractivity contribution in [2.75, 3.05) is 25.5 Å². The van der Waals surface area contributed by atoms with Crippen LogP contribution in [0.25, 0.3) is 10.4 Å². The molecule has 0 saturated carbocycles. The molecular formula is C13H15N3O2S. The number of nitrogens with one attached hydrogen (secondary N) is 1. The van der Waals surface area contributed by atoms with Crippen molar-refractivity contribution in [3.63, 3.8) is 0 Å². The van der Waals surface area contributed by atoms with Gasteiger partial charge in [0.2, 0.25) is 0 Å². The first-order chi connectivity index (χ1) is 9.20. The number of aromatic nitrogens is 1. The second-order valence-corrected chi connectivity index (χ2v) is 5.00. The maximum absolute atomic E-state index is 11.7. The number of urea groups is 1. The van der Waals surface area contributed by atoms with E-state index in [0.717, 1.165) is 10.4 Å². The molecule has 0 saturated heterocycles. The second kappa shape index (κ2) is 6.31. The summed E-state index contributed by atoms with van der Waals surface area (Å²) >= 11 is 1.42. The summed E-state index contributed by atoms with van der Waals surface area (Å²) < 4.78 is 0. The summed E-state index contributed by atoms with van der Waals surface area (Å²) in [4.78, 5) is 18.3. The quantitative estimate of drug-likeness (QED) is 0.901.